The van der Waals surface area contributed by atoms with Crippen molar-refractivity contribution >= 4 is 16.8 Å². The van der Waals surface area contributed by atoms with Gasteiger partial charge in [0.25, 0.3) is 0 Å². The third kappa shape index (κ3) is 2.80. The molecule has 1 aliphatic carbocycles. The predicted octanol–water partition coefficient (Wildman–Crippen LogP) is 3.22. The lowest BCUT2D eigenvalue weighted by Gasteiger charge is -2.28. The summed E-state index contributed by atoms with van der Waals surface area (Å²) >= 11 is 0. The molecule has 9 heteroatoms. The number of fused-ring (bicyclic) bond motifs is 2. The number of halogens is 1. The summed E-state index contributed by atoms with van der Waals surface area (Å²) in [5.41, 5.74) is 4.09. The van der Waals surface area contributed by atoms with Crippen molar-refractivity contribution in [2.45, 2.75) is 38.8 Å². The Morgan fingerprint density at radius 1 is 1.19 bits per heavy atom. The summed E-state index contributed by atoms with van der Waals surface area (Å²) in [6.07, 6.45) is 5.80. The molecule has 8 nitrogen and oxygen atoms in total. The highest BCUT2D eigenvalue weighted by molar-refractivity contribution is 5.96. The number of hydrogen-bond acceptors (Lipinski definition) is 4. The van der Waals surface area contributed by atoms with Gasteiger partial charge in [-0.15, -0.1) is 0 Å². The summed E-state index contributed by atoms with van der Waals surface area (Å²) in [4.78, 5) is 18.8. The number of imidazole rings is 1. The lowest BCUT2D eigenvalue weighted by atomic mass is 10.0. The minimum atomic E-state index is -0.336. The maximum absolute atomic E-state index is 16.2. The van der Waals surface area contributed by atoms with Gasteiger partial charge in [0.1, 0.15) is 11.6 Å². The average molecular weight is 433 g/mol. The van der Waals surface area contributed by atoms with Gasteiger partial charge in [0.05, 0.1) is 40.7 Å². The summed E-state index contributed by atoms with van der Waals surface area (Å²) in [5, 5.41) is 9.23. The largest absolute Gasteiger partial charge is 0.335 e. The first-order valence-electron chi connectivity index (χ1n) is 10.9. The van der Waals surface area contributed by atoms with E-state index >= 15 is 4.39 Å². The number of amides is 1. The van der Waals surface area contributed by atoms with Gasteiger partial charge in [0.2, 0.25) is 5.91 Å². The molecule has 4 aromatic rings. The van der Waals surface area contributed by atoms with Gasteiger partial charge in [0, 0.05) is 57.4 Å². The van der Waals surface area contributed by atoms with Crippen LogP contribution in [-0.4, -0.2) is 46.5 Å². The van der Waals surface area contributed by atoms with E-state index in [0.717, 1.165) is 29.9 Å². The van der Waals surface area contributed by atoms with Crippen LogP contribution in [0.3, 0.4) is 0 Å². The second-order valence-corrected chi connectivity index (χ2v) is 8.83. The quantitative estimate of drug-likeness (QED) is 0.497. The van der Waals surface area contributed by atoms with Crippen LogP contribution in [0.1, 0.15) is 37.2 Å². The molecule has 1 aromatic carbocycles. The van der Waals surface area contributed by atoms with Crippen LogP contribution < -0.4 is 0 Å². The molecule has 0 saturated heterocycles. The van der Waals surface area contributed by atoms with Gasteiger partial charge < -0.3 is 9.47 Å². The van der Waals surface area contributed by atoms with Gasteiger partial charge in [-0.25, -0.2) is 9.37 Å². The Labute approximate surface area is 184 Å². The van der Waals surface area contributed by atoms with Gasteiger partial charge in [0.15, 0.2) is 0 Å². The number of nitrogens with zero attached hydrogens (tertiary/aromatic N) is 7. The van der Waals surface area contributed by atoms with Crippen LogP contribution in [0.5, 0.6) is 0 Å². The van der Waals surface area contributed by atoms with Crippen LogP contribution in [0.25, 0.3) is 33.4 Å². The van der Waals surface area contributed by atoms with E-state index in [1.165, 1.54) is 0 Å². The molecular formula is C23H24FN7O. The second kappa shape index (κ2) is 6.75. The van der Waals surface area contributed by atoms with Gasteiger partial charge in [-0.1, -0.05) is 0 Å². The smallest absolute Gasteiger partial charge is 0.219 e. The molecule has 0 atom stereocenters. The Kier molecular flexibility index (Phi) is 4.05. The van der Waals surface area contributed by atoms with Gasteiger partial charge in [-0.3, -0.25) is 14.2 Å². The number of hydrogen-bond donors (Lipinski definition) is 0. The molecule has 32 heavy (non-hydrogen) atoms. The Bertz CT molecular complexity index is 1390. The highest BCUT2D eigenvalue weighted by Crippen LogP contribution is 2.43. The van der Waals surface area contributed by atoms with E-state index < -0.39 is 0 Å². The highest BCUT2D eigenvalue weighted by Gasteiger charge is 2.35. The first kappa shape index (κ1) is 19.2. The topological polar surface area (TPSA) is 73.8 Å². The van der Waals surface area contributed by atoms with Crippen molar-refractivity contribution < 1.29 is 9.18 Å². The molecule has 2 aliphatic rings. The van der Waals surface area contributed by atoms with Crippen LogP contribution in [0.4, 0.5) is 4.39 Å². The van der Waals surface area contributed by atoms with E-state index in [9.17, 15) is 4.79 Å². The average Bonchev–Trinajstić information content (AvgIpc) is 3.27. The summed E-state index contributed by atoms with van der Waals surface area (Å²) in [7, 11) is 3.65. The highest BCUT2D eigenvalue weighted by atomic mass is 19.1. The summed E-state index contributed by atoms with van der Waals surface area (Å²) in [6, 6.07) is 3.62. The minimum Gasteiger partial charge on any atom is -0.335 e. The standard InChI is InChI=1S/C23H24FN7O/c1-13(32)30-8-9-31-18(12-30)21(26-23(31)14-4-5-14)16-6-7-17-19(20(16)24)22(29(3)27-17)15-10-25-28(2)11-15/h6-7,10-11,14H,4-5,8-9,12H2,1-3H3. The first-order valence-corrected chi connectivity index (χ1v) is 10.9. The number of rotatable bonds is 3. The molecule has 164 valence electrons. The monoisotopic (exact) mass is 433 g/mol. The van der Waals surface area contributed by atoms with Crippen molar-refractivity contribution in [1.82, 2.24) is 34.0 Å². The lowest BCUT2D eigenvalue weighted by Crippen LogP contribution is -2.37. The number of carbonyl (C=O) groups is 1. The van der Waals surface area contributed by atoms with Crippen molar-refractivity contribution in [3.63, 3.8) is 0 Å². The van der Waals surface area contributed by atoms with Crippen LogP contribution in [0, 0.1) is 5.82 Å². The van der Waals surface area contributed by atoms with Crippen LogP contribution in [0.15, 0.2) is 24.5 Å². The van der Waals surface area contributed by atoms with Crippen molar-refractivity contribution in [2.24, 2.45) is 14.1 Å². The molecule has 0 spiro atoms. The van der Waals surface area contributed by atoms with E-state index in [-0.39, 0.29) is 11.7 Å². The number of benzene rings is 1. The predicted molar refractivity (Wildman–Crippen MR) is 117 cm³/mol. The second-order valence-electron chi connectivity index (χ2n) is 8.83. The fraction of sp³-hybridized carbons (Fsp3) is 0.391. The zero-order valence-corrected chi connectivity index (χ0v) is 18.3. The van der Waals surface area contributed by atoms with Gasteiger partial charge in [-0.2, -0.15) is 10.2 Å². The molecule has 1 aliphatic heterocycles. The molecule has 0 radical (unpaired) electrons. The maximum Gasteiger partial charge on any atom is 0.219 e. The first-order chi connectivity index (χ1) is 15.4. The van der Waals surface area contributed by atoms with Crippen molar-refractivity contribution in [2.75, 3.05) is 6.54 Å². The summed E-state index contributed by atoms with van der Waals surface area (Å²) in [5.74, 6) is 1.15. The third-order valence-electron chi connectivity index (χ3n) is 6.60. The van der Waals surface area contributed by atoms with Crippen molar-refractivity contribution in [3.05, 3.63) is 41.9 Å². The molecular weight excluding hydrogens is 409 g/mol. The van der Waals surface area contributed by atoms with Gasteiger partial charge in [-0.05, 0) is 25.0 Å². The van der Waals surface area contributed by atoms with Gasteiger partial charge >= 0.3 is 0 Å². The Hall–Kier alpha value is -3.49. The summed E-state index contributed by atoms with van der Waals surface area (Å²) < 4.78 is 21.8. The zero-order chi connectivity index (χ0) is 22.1. The minimum absolute atomic E-state index is 0.0263. The van der Waals surface area contributed by atoms with Crippen molar-refractivity contribution in [3.8, 4) is 22.5 Å². The van der Waals surface area contributed by atoms with E-state index in [0.29, 0.717) is 53.4 Å². The fourth-order valence-electron chi connectivity index (χ4n) is 4.84. The zero-order valence-electron chi connectivity index (χ0n) is 18.3. The molecule has 0 bridgehead atoms. The normalized spacial score (nSPS) is 16.1. The third-order valence-corrected chi connectivity index (χ3v) is 6.60. The van der Waals surface area contributed by atoms with E-state index in [2.05, 4.69) is 14.8 Å². The fourth-order valence-corrected chi connectivity index (χ4v) is 4.84. The number of aryl methyl sites for hydroxylation is 2. The molecule has 1 fully saturated rings. The van der Waals surface area contributed by atoms with Crippen molar-refractivity contribution in [1.29, 1.82) is 0 Å². The lowest BCUT2D eigenvalue weighted by molar-refractivity contribution is -0.130. The SMILES string of the molecule is CC(=O)N1CCn2c(C3CC3)nc(-c3ccc4nn(C)c(-c5cnn(C)c5)c4c3F)c2C1. The van der Waals surface area contributed by atoms with Crippen LogP contribution >= 0.6 is 0 Å². The molecule has 6 rings (SSSR count). The van der Waals surface area contributed by atoms with Crippen LogP contribution in [0.2, 0.25) is 0 Å². The Morgan fingerprint density at radius 2 is 2.00 bits per heavy atom. The molecule has 1 saturated carbocycles. The number of aromatic nitrogens is 6. The molecule has 3 aromatic heterocycles. The molecule has 0 N–H and O–H groups in total. The maximum atomic E-state index is 16.2. The van der Waals surface area contributed by atoms with E-state index in [1.54, 1.807) is 33.5 Å². The molecule has 1 amide bonds. The van der Waals surface area contributed by atoms with E-state index in [4.69, 9.17) is 4.98 Å². The Balaban J connectivity index is 1.57. The summed E-state index contributed by atoms with van der Waals surface area (Å²) in [6.45, 7) is 3.39. The molecule has 4 heterocycles. The number of carbonyl (C=O) groups excluding carboxylic acids is 1. The Morgan fingerprint density at radius 3 is 2.69 bits per heavy atom. The van der Waals surface area contributed by atoms with E-state index in [1.807, 2.05) is 26.4 Å². The van der Waals surface area contributed by atoms with Crippen LogP contribution in [-0.2, 0) is 32.0 Å². The molecule has 0 unspecified atom stereocenters.